The molecule has 0 aliphatic carbocycles. The van der Waals surface area contributed by atoms with Gasteiger partial charge in [0.1, 0.15) is 0 Å². The largest absolute Gasteiger partial charge is 0.378 e. The van der Waals surface area contributed by atoms with Crippen molar-refractivity contribution < 1.29 is 9.53 Å². The van der Waals surface area contributed by atoms with Gasteiger partial charge in [0.15, 0.2) is 0 Å². The quantitative estimate of drug-likeness (QED) is 0.770. The average molecular weight is 270 g/mol. The molecule has 0 aromatic carbocycles. The highest BCUT2D eigenvalue weighted by atomic mass is 16.5. The first-order chi connectivity index (χ1) is 9.00. The Labute approximate surface area is 117 Å². The molecular formula is C15H30N2O2. The molecule has 0 bridgehead atoms. The van der Waals surface area contributed by atoms with Crippen LogP contribution in [-0.2, 0) is 9.53 Å². The van der Waals surface area contributed by atoms with Crippen LogP contribution in [0.15, 0.2) is 0 Å². The van der Waals surface area contributed by atoms with E-state index in [1.807, 2.05) is 11.9 Å². The second-order valence-electron chi connectivity index (χ2n) is 6.05. The van der Waals surface area contributed by atoms with E-state index in [1.54, 1.807) is 0 Å². The maximum absolute atomic E-state index is 12.0. The number of ether oxygens (including phenoxy) is 1. The van der Waals surface area contributed by atoms with Crippen molar-refractivity contribution in [2.24, 2.45) is 5.92 Å². The Bertz CT molecular complexity index is 263. The zero-order valence-corrected chi connectivity index (χ0v) is 12.9. The van der Waals surface area contributed by atoms with E-state index in [1.165, 1.54) is 0 Å². The predicted octanol–water partition coefficient (Wildman–Crippen LogP) is 2.04. The summed E-state index contributed by atoms with van der Waals surface area (Å²) < 4.78 is 5.78. The van der Waals surface area contributed by atoms with Gasteiger partial charge in [0.2, 0.25) is 5.91 Å². The zero-order valence-electron chi connectivity index (χ0n) is 12.9. The normalized spacial score (nSPS) is 18.6. The third-order valence-electron chi connectivity index (χ3n) is 3.82. The smallest absolute Gasteiger partial charge is 0.224 e. The van der Waals surface area contributed by atoms with Gasteiger partial charge in [-0.25, -0.2) is 0 Å². The van der Waals surface area contributed by atoms with Gasteiger partial charge in [-0.2, -0.15) is 0 Å². The van der Waals surface area contributed by atoms with Crippen molar-refractivity contribution in [3.05, 3.63) is 0 Å². The summed E-state index contributed by atoms with van der Waals surface area (Å²) in [6, 6.07) is 0.311. The fraction of sp³-hybridized carbons (Fsp3) is 0.933. The molecule has 1 heterocycles. The summed E-state index contributed by atoms with van der Waals surface area (Å²) in [6.07, 6.45) is 4.02. The Hall–Kier alpha value is -0.610. The third kappa shape index (κ3) is 6.39. The number of piperidine rings is 1. The lowest BCUT2D eigenvalue weighted by atomic mass is 10.0. The van der Waals surface area contributed by atoms with Crippen LogP contribution in [0.25, 0.3) is 0 Å². The van der Waals surface area contributed by atoms with Crippen molar-refractivity contribution in [3.63, 3.8) is 0 Å². The van der Waals surface area contributed by atoms with Gasteiger partial charge in [0, 0.05) is 13.1 Å². The zero-order chi connectivity index (χ0) is 14.3. The van der Waals surface area contributed by atoms with Crippen LogP contribution in [-0.4, -0.2) is 49.7 Å². The van der Waals surface area contributed by atoms with Crippen LogP contribution in [0.1, 0.15) is 46.5 Å². The second-order valence-corrected chi connectivity index (χ2v) is 6.05. The molecule has 0 saturated carbocycles. The van der Waals surface area contributed by atoms with Crippen molar-refractivity contribution in [1.82, 2.24) is 10.2 Å². The Kier molecular flexibility index (Phi) is 7.39. The molecule has 1 aliphatic heterocycles. The predicted molar refractivity (Wildman–Crippen MR) is 78.1 cm³/mol. The van der Waals surface area contributed by atoms with E-state index in [4.69, 9.17) is 4.74 Å². The Morgan fingerprint density at radius 2 is 1.95 bits per heavy atom. The number of rotatable bonds is 7. The molecule has 1 saturated heterocycles. The summed E-state index contributed by atoms with van der Waals surface area (Å²) in [5.41, 5.74) is 0. The van der Waals surface area contributed by atoms with E-state index in [0.717, 1.165) is 32.4 Å². The number of carbonyl (C=O) groups excluding carboxylic acids is 1. The minimum atomic E-state index is 0.196. The maximum Gasteiger partial charge on any atom is 0.224 e. The number of nitrogens with one attached hydrogen (secondary N) is 1. The minimum absolute atomic E-state index is 0.196. The molecule has 1 rings (SSSR count). The molecule has 1 amide bonds. The SMILES string of the molecule is CC(C)CC(C)N(C)C(=O)CCOC1CCNCC1. The van der Waals surface area contributed by atoms with Crippen molar-refractivity contribution >= 4 is 5.91 Å². The Morgan fingerprint density at radius 3 is 2.53 bits per heavy atom. The average Bonchev–Trinajstić information content (AvgIpc) is 2.38. The summed E-state index contributed by atoms with van der Waals surface area (Å²) in [5.74, 6) is 0.818. The van der Waals surface area contributed by atoms with Crippen molar-refractivity contribution in [3.8, 4) is 0 Å². The monoisotopic (exact) mass is 270 g/mol. The van der Waals surface area contributed by atoms with Gasteiger partial charge in [0.25, 0.3) is 0 Å². The first kappa shape index (κ1) is 16.4. The van der Waals surface area contributed by atoms with E-state index < -0.39 is 0 Å². The van der Waals surface area contributed by atoms with Crippen LogP contribution in [0.3, 0.4) is 0 Å². The molecule has 0 spiro atoms. The Balaban J connectivity index is 2.18. The highest BCUT2D eigenvalue weighted by Gasteiger charge is 2.18. The molecule has 1 unspecified atom stereocenters. The lowest BCUT2D eigenvalue weighted by molar-refractivity contribution is -0.133. The third-order valence-corrected chi connectivity index (χ3v) is 3.82. The highest BCUT2D eigenvalue weighted by molar-refractivity contribution is 5.76. The van der Waals surface area contributed by atoms with Crippen molar-refractivity contribution in [1.29, 1.82) is 0 Å². The highest BCUT2D eigenvalue weighted by Crippen LogP contribution is 2.12. The van der Waals surface area contributed by atoms with Gasteiger partial charge < -0.3 is 15.0 Å². The summed E-state index contributed by atoms with van der Waals surface area (Å²) in [4.78, 5) is 13.9. The number of carbonyl (C=O) groups is 1. The van der Waals surface area contributed by atoms with Crippen LogP contribution in [0, 0.1) is 5.92 Å². The molecular weight excluding hydrogens is 240 g/mol. The molecule has 4 nitrogen and oxygen atoms in total. The van der Waals surface area contributed by atoms with Gasteiger partial charge in [-0.05, 0) is 45.2 Å². The lowest BCUT2D eigenvalue weighted by Gasteiger charge is -2.27. The van der Waals surface area contributed by atoms with Crippen LogP contribution < -0.4 is 5.32 Å². The molecule has 19 heavy (non-hydrogen) atoms. The number of hydrogen-bond acceptors (Lipinski definition) is 3. The van der Waals surface area contributed by atoms with E-state index in [9.17, 15) is 4.79 Å². The first-order valence-corrected chi connectivity index (χ1v) is 7.58. The van der Waals surface area contributed by atoms with E-state index in [-0.39, 0.29) is 5.91 Å². The number of amides is 1. The van der Waals surface area contributed by atoms with Crippen molar-refractivity contribution in [2.45, 2.75) is 58.6 Å². The van der Waals surface area contributed by atoms with E-state index in [2.05, 4.69) is 26.1 Å². The molecule has 0 aromatic heterocycles. The van der Waals surface area contributed by atoms with Gasteiger partial charge in [-0.15, -0.1) is 0 Å². The number of nitrogens with zero attached hydrogens (tertiary/aromatic N) is 1. The molecule has 1 fully saturated rings. The maximum atomic E-state index is 12.0. The fourth-order valence-corrected chi connectivity index (χ4v) is 2.54. The standard InChI is InChI=1S/C15H30N2O2/c1-12(2)11-13(3)17(4)15(18)7-10-19-14-5-8-16-9-6-14/h12-14,16H,5-11H2,1-4H3. The first-order valence-electron chi connectivity index (χ1n) is 7.58. The lowest BCUT2D eigenvalue weighted by Crippen LogP contribution is -2.37. The molecule has 112 valence electrons. The van der Waals surface area contributed by atoms with E-state index >= 15 is 0 Å². The van der Waals surface area contributed by atoms with Gasteiger partial charge in [-0.3, -0.25) is 4.79 Å². The summed E-state index contributed by atoms with van der Waals surface area (Å²) in [6.45, 7) is 9.12. The topological polar surface area (TPSA) is 41.6 Å². The summed E-state index contributed by atoms with van der Waals surface area (Å²) in [5, 5.41) is 3.31. The van der Waals surface area contributed by atoms with Gasteiger partial charge >= 0.3 is 0 Å². The van der Waals surface area contributed by atoms with Crippen LogP contribution in [0.5, 0.6) is 0 Å². The molecule has 0 aromatic rings. The molecule has 4 heteroatoms. The molecule has 0 radical (unpaired) electrons. The molecule has 1 aliphatic rings. The van der Waals surface area contributed by atoms with Crippen LogP contribution in [0.4, 0.5) is 0 Å². The Morgan fingerprint density at radius 1 is 1.32 bits per heavy atom. The summed E-state index contributed by atoms with van der Waals surface area (Å²) in [7, 11) is 1.90. The minimum Gasteiger partial charge on any atom is -0.378 e. The van der Waals surface area contributed by atoms with Gasteiger partial charge in [-0.1, -0.05) is 13.8 Å². The molecule has 1 atom stereocenters. The summed E-state index contributed by atoms with van der Waals surface area (Å²) >= 11 is 0. The fourth-order valence-electron chi connectivity index (χ4n) is 2.54. The van der Waals surface area contributed by atoms with Gasteiger partial charge in [0.05, 0.1) is 19.1 Å². The number of hydrogen-bond donors (Lipinski definition) is 1. The van der Waals surface area contributed by atoms with Crippen LogP contribution >= 0.6 is 0 Å². The van der Waals surface area contributed by atoms with E-state index in [0.29, 0.717) is 31.1 Å². The molecule has 1 N–H and O–H groups in total. The van der Waals surface area contributed by atoms with Crippen LogP contribution in [0.2, 0.25) is 0 Å². The van der Waals surface area contributed by atoms with Crippen molar-refractivity contribution in [2.75, 3.05) is 26.7 Å². The second kappa shape index (κ2) is 8.54.